The van der Waals surface area contributed by atoms with Crippen LogP contribution in [0.4, 0.5) is 0 Å². The molecule has 0 spiro atoms. The lowest BCUT2D eigenvalue weighted by Gasteiger charge is -2.22. The van der Waals surface area contributed by atoms with Crippen molar-refractivity contribution in [1.29, 1.82) is 0 Å². The SMILES string of the molecule is CCn1c(SC(C)C(=O)NCC2CCCCC2)nnc1-c1ccccc1. The summed E-state index contributed by atoms with van der Waals surface area (Å²) in [6, 6.07) is 10.1. The van der Waals surface area contributed by atoms with Crippen molar-refractivity contribution in [3.05, 3.63) is 30.3 Å². The van der Waals surface area contributed by atoms with Crippen LogP contribution in [-0.2, 0) is 11.3 Å². The average Bonchev–Trinajstić information content (AvgIpc) is 3.10. The lowest BCUT2D eigenvalue weighted by atomic mass is 9.89. The topological polar surface area (TPSA) is 59.8 Å². The van der Waals surface area contributed by atoms with Crippen LogP contribution in [0.15, 0.2) is 35.5 Å². The molecule has 1 aliphatic carbocycles. The van der Waals surface area contributed by atoms with E-state index in [9.17, 15) is 4.79 Å². The lowest BCUT2D eigenvalue weighted by molar-refractivity contribution is -0.120. The molecule has 1 aliphatic rings. The smallest absolute Gasteiger partial charge is 0.233 e. The Labute approximate surface area is 160 Å². The molecule has 0 radical (unpaired) electrons. The van der Waals surface area contributed by atoms with E-state index in [1.165, 1.54) is 43.9 Å². The monoisotopic (exact) mass is 372 g/mol. The minimum atomic E-state index is -0.184. The van der Waals surface area contributed by atoms with Crippen LogP contribution >= 0.6 is 11.8 Å². The third-order valence-electron chi connectivity index (χ3n) is 5.01. The zero-order valence-corrected chi connectivity index (χ0v) is 16.5. The summed E-state index contributed by atoms with van der Waals surface area (Å²) in [7, 11) is 0. The molecule has 5 nitrogen and oxygen atoms in total. The number of carbonyl (C=O) groups is 1. The fourth-order valence-corrected chi connectivity index (χ4v) is 4.39. The quantitative estimate of drug-likeness (QED) is 0.742. The Kier molecular flexibility index (Phi) is 6.72. The van der Waals surface area contributed by atoms with Crippen molar-refractivity contribution in [2.75, 3.05) is 6.54 Å². The number of benzene rings is 1. The molecule has 0 bridgehead atoms. The minimum Gasteiger partial charge on any atom is -0.355 e. The maximum absolute atomic E-state index is 12.5. The fraction of sp³-hybridized carbons (Fsp3) is 0.550. The molecule has 1 aromatic carbocycles. The molecule has 26 heavy (non-hydrogen) atoms. The van der Waals surface area contributed by atoms with Crippen molar-refractivity contribution in [1.82, 2.24) is 20.1 Å². The summed E-state index contributed by atoms with van der Waals surface area (Å²) in [5.41, 5.74) is 1.04. The van der Waals surface area contributed by atoms with Gasteiger partial charge in [-0.2, -0.15) is 0 Å². The van der Waals surface area contributed by atoms with Crippen LogP contribution in [0.25, 0.3) is 11.4 Å². The molecule has 1 aromatic heterocycles. The lowest BCUT2D eigenvalue weighted by Crippen LogP contribution is -2.35. The Morgan fingerprint density at radius 3 is 2.65 bits per heavy atom. The van der Waals surface area contributed by atoms with Gasteiger partial charge in [-0.15, -0.1) is 10.2 Å². The van der Waals surface area contributed by atoms with E-state index in [0.717, 1.165) is 29.6 Å². The van der Waals surface area contributed by atoms with Gasteiger partial charge in [-0.1, -0.05) is 61.4 Å². The molecule has 0 aliphatic heterocycles. The fourth-order valence-electron chi connectivity index (χ4n) is 3.45. The van der Waals surface area contributed by atoms with Crippen LogP contribution in [0.1, 0.15) is 46.0 Å². The number of thioether (sulfide) groups is 1. The number of nitrogens with zero attached hydrogens (tertiary/aromatic N) is 3. The van der Waals surface area contributed by atoms with E-state index in [2.05, 4.69) is 27.0 Å². The zero-order valence-electron chi connectivity index (χ0n) is 15.6. The number of nitrogens with one attached hydrogen (secondary N) is 1. The highest BCUT2D eigenvalue weighted by molar-refractivity contribution is 8.00. The van der Waals surface area contributed by atoms with Crippen LogP contribution < -0.4 is 5.32 Å². The van der Waals surface area contributed by atoms with Gasteiger partial charge < -0.3 is 9.88 Å². The predicted octanol–water partition coefficient (Wildman–Crippen LogP) is 4.14. The van der Waals surface area contributed by atoms with E-state index in [4.69, 9.17) is 0 Å². The summed E-state index contributed by atoms with van der Waals surface area (Å²) in [4.78, 5) is 12.5. The van der Waals surface area contributed by atoms with Gasteiger partial charge in [0.15, 0.2) is 11.0 Å². The molecule has 1 N–H and O–H groups in total. The molecule has 1 fully saturated rings. The molecular formula is C20H28N4OS. The second-order valence-electron chi connectivity index (χ2n) is 6.93. The van der Waals surface area contributed by atoms with Crippen LogP contribution in [-0.4, -0.2) is 32.5 Å². The number of aromatic nitrogens is 3. The Hall–Kier alpha value is -1.82. The Bertz CT molecular complexity index is 710. The van der Waals surface area contributed by atoms with Crippen molar-refractivity contribution >= 4 is 17.7 Å². The van der Waals surface area contributed by atoms with Crippen molar-refractivity contribution in [2.45, 2.75) is 62.9 Å². The zero-order chi connectivity index (χ0) is 18.4. The standard InChI is InChI=1S/C20H28N4OS/c1-3-24-18(17-12-8-5-9-13-17)22-23-20(24)26-15(2)19(25)21-14-16-10-6-4-7-11-16/h5,8-9,12-13,15-16H,3-4,6-7,10-11,14H2,1-2H3,(H,21,25). The number of amides is 1. The average molecular weight is 373 g/mol. The third-order valence-corrected chi connectivity index (χ3v) is 6.09. The van der Waals surface area contributed by atoms with Crippen LogP contribution in [0.5, 0.6) is 0 Å². The first kappa shape index (κ1) is 19.0. The second-order valence-corrected chi connectivity index (χ2v) is 8.23. The molecule has 3 rings (SSSR count). The van der Waals surface area contributed by atoms with E-state index in [1.807, 2.05) is 37.3 Å². The summed E-state index contributed by atoms with van der Waals surface area (Å²) in [5.74, 6) is 1.59. The van der Waals surface area contributed by atoms with Crippen LogP contribution in [0.3, 0.4) is 0 Å². The van der Waals surface area contributed by atoms with Gasteiger partial charge in [0.2, 0.25) is 5.91 Å². The van der Waals surface area contributed by atoms with E-state index in [1.54, 1.807) is 0 Å². The van der Waals surface area contributed by atoms with Crippen LogP contribution in [0, 0.1) is 5.92 Å². The summed E-state index contributed by atoms with van der Waals surface area (Å²) >= 11 is 1.48. The molecule has 1 amide bonds. The third kappa shape index (κ3) is 4.67. The highest BCUT2D eigenvalue weighted by atomic mass is 32.2. The Morgan fingerprint density at radius 2 is 1.96 bits per heavy atom. The molecule has 0 saturated heterocycles. The van der Waals surface area contributed by atoms with Gasteiger partial charge >= 0.3 is 0 Å². The summed E-state index contributed by atoms with van der Waals surface area (Å²) in [6.07, 6.45) is 6.42. The van der Waals surface area contributed by atoms with Gasteiger partial charge in [0.1, 0.15) is 0 Å². The predicted molar refractivity (Wildman–Crippen MR) is 106 cm³/mol. The Morgan fingerprint density at radius 1 is 1.23 bits per heavy atom. The normalized spacial score (nSPS) is 16.4. The molecule has 6 heteroatoms. The van der Waals surface area contributed by atoms with Gasteiger partial charge in [-0.05, 0) is 32.6 Å². The van der Waals surface area contributed by atoms with E-state index < -0.39 is 0 Å². The number of carbonyl (C=O) groups excluding carboxylic acids is 1. The number of hydrogen-bond acceptors (Lipinski definition) is 4. The highest BCUT2D eigenvalue weighted by Crippen LogP contribution is 2.27. The Balaban J connectivity index is 1.60. The first-order valence-corrected chi connectivity index (χ1v) is 10.5. The van der Waals surface area contributed by atoms with E-state index >= 15 is 0 Å². The molecule has 2 aromatic rings. The largest absolute Gasteiger partial charge is 0.355 e. The van der Waals surface area contributed by atoms with Gasteiger partial charge in [-0.3, -0.25) is 4.79 Å². The van der Waals surface area contributed by atoms with Crippen molar-refractivity contribution in [3.63, 3.8) is 0 Å². The summed E-state index contributed by atoms with van der Waals surface area (Å²) in [6.45, 7) is 5.60. The molecule has 1 atom stereocenters. The summed E-state index contributed by atoms with van der Waals surface area (Å²) < 4.78 is 2.07. The van der Waals surface area contributed by atoms with Crippen molar-refractivity contribution < 1.29 is 4.79 Å². The second kappa shape index (κ2) is 9.21. The molecule has 140 valence electrons. The molecule has 1 saturated carbocycles. The molecule has 1 unspecified atom stereocenters. The first-order valence-electron chi connectivity index (χ1n) is 9.62. The van der Waals surface area contributed by atoms with Crippen molar-refractivity contribution in [3.8, 4) is 11.4 Å². The van der Waals surface area contributed by atoms with Crippen LogP contribution in [0.2, 0.25) is 0 Å². The van der Waals surface area contributed by atoms with E-state index in [-0.39, 0.29) is 11.2 Å². The van der Waals surface area contributed by atoms with Gasteiger partial charge in [-0.25, -0.2) is 0 Å². The molecular weight excluding hydrogens is 344 g/mol. The first-order chi connectivity index (χ1) is 12.7. The highest BCUT2D eigenvalue weighted by Gasteiger charge is 2.21. The number of hydrogen-bond donors (Lipinski definition) is 1. The number of rotatable bonds is 7. The van der Waals surface area contributed by atoms with Gasteiger partial charge in [0, 0.05) is 18.7 Å². The maximum atomic E-state index is 12.5. The minimum absolute atomic E-state index is 0.0903. The van der Waals surface area contributed by atoms with Crippen molar-refractivity contribution in [2.24, 2.45) is 5.92 Å². The molecule has 1 heterocycles. The van der Waals surface area contributed by atoms with Gasteiger partial charge in [0.05, 0.1) is 5.25 Å². The van der Waals surface area contributed by atoms with E-state index in [0.29, 0.717) is 5.92 Å². The maximum Gasteiger partial charge on any atom is 0.233 e. The summed E-state index contributed by atoms with van der Waals surface area (Å²) in [5, 5.41) is 12.4. The van der Waals surface area contributed by atoms with Gasteiger partial charge in [0.25, 0.3) is 0 Å².